The molecule has 156 valence electrons. The van der Waals surface area contributed by atoms with E-state index in [0.717, 1.165) is 41.7 Å². The summed E-state index contributed by atoms with van der Waals surface area (Å²) in [5.74, 6) is -0.308. The number of benzene rings is 2. The Morgan fingerprint density at radius 2 is 1.83 bits per heavy atom. The average Bonchev–Trinajstić information content (AvgIpc) is 3.56. The van der Waals surface area contributed by atoms with Crippen molar-refractivity contribution in [2.24, 2.45) is 10.7 Å². The van der Waals surface area contributed by atoms with E-state index in [2.05, 4.69) is 16.9 Å². The van der Waals surface area contributed by atoms with E-state index < -0.39 is 11.7 Å². The van der Waals surface area contributed by atoms with Crippen LogP contribution in [0, 0.1) is 0 Å². The molecule has 0 saturated heterocycles. The highest BCUT2D eigenvalue weighted by molar-refractivity contribution is 6.10. The zero-order valence-electron chi connectivity index (χ0n) is 16.2. The van der Waals surface area contributed by atoms with Crippen LogP contribution in [0.15, 0.2) is 66.3 Å². The van der Waals surface area contributed by atoms with Crippen molar-refractivity contribution in [1.29, 1.82) is 0 Å². The van der Waals surface area contributed by atoms with Crippen molar-refractivity contribution in [2.75, 3.05) is 0 Å². The molecule has 3 N–H and O–H groups in total. The first-order chi connectivity index (χ1) is 14.3. The fourth-order valence-electron chi connectivity index (χ4n) is 2.90. The molecular formula is C23H22F3N3O. The SMILES string of the molecule is C=CC(=O)NCc1ccc(-c2ccc(C(F)(F)F)cc2)cc1/C(C=NC1CC1)=C/N. The molecule has 2 aromatic rings. The van der Waals surface area contributed by atoms with Crippen LogP contribution < -0.4 is 11.1 Å². The van der Waals surface area contributed by atoms with Gasteiger partial charge < -0.3 is 11.1 Å². The maximum Gasteiger partial charge on any atom is 0.416 e. The lowest BCUT2D eigenvalue weighted by Crippen LogP contribution is -2.20. The number of rotatable bonds is 7. The Morgan fingerprint density at radius 1 is 1.17 bits per heavy atom. The summed E-state index contributed by atoms with van der Waals surface area (Å²) >= 11 is 0. The van der Waals surface area contributed by atoms with Crippen LogP contribution in [-0.4, -0.2) is 18.2 Å². The molecule has 1 aliphatic carbocycles. The highest BCUT2D eigenvalue weighted by Gasteiger charge is 2.30. The van der Waals surface area contributed by atoms with Crippen LogP contribution in [0.25, 0.3) is 16.7 Å². The van der Waals surface area contributed by atoms with Crippen molar-refractivity contribution in [3.8, 4) is 11.1 Å². The lowest BCUT2D eigenvalue weighted by molar-refractivity contribution is -0.137. The maximum absolute atomic E-state index is 12.8. The highest BCUT2D eigenvalue weighted by atomic mass is 19.4. The molecule has 1 saturated carbocycles. The zero-order chi connectivity index (χ0) is 21.7. The number of nitrogens with two attached hydrogens (primary N) is 1. The molecular weight excluding hydrogens is 391 g/mol. The molecule has 1 amide bonds. The Hall–Kier alpha value is -3.35. The predicted molar refractivity (Wildman–Crippen MR) is 113 cm³/mol. The number of carbonyl (C=O) groups excluding carboxylic acids is 1. The van der Waals surface area contributed by atoms with Crippen molar-refractivity contribution in [3.05, 3.63) is 78.0 Å². The van der Waals surface area contributed by atoms with E-state index in [1.165, 1.54) is 24.4 Å². The number of carbonyl (C=O) groups is 1. The van der Waals surface area contributed by atoms with Gasteiger partial charge in [-0.15, -0.1) is 0 Å². The Morgan fingerprint density at radius 3 is 2.40 bits per heavy atom. The molecule has 1 aliphatic rings. The van der Waals surface area contributed by atoms with Gasteiger partial charge in [0.15, 0.2) is 0 Å². The van der Waals surface area contributed by atoms with Gasteiger partial charge in [0, 0.05) is 24.5 Å². The Bertz CT molecular complexity index is 988. The normalized spacial score (nSPS) is 14.7. The largest absolute Gasteiger partial charge is 0.416 e. The van der Waals surface area contributed by atoms with Crippen molar-refractivity contribution in [3.63, 3.8) is 0 Å². The van der Waals surface area contributed by atoms with E-state index >= 15 is 0 Å². The summed E-state index contributed by atoms with van der Waals surface area (Å²) in [4.78, 5) is 16.0. The van der Waals surface area contributed by atoms with Crippen molar-refractivity contribution in [1.82, 2.24) is 5.32 Å². The summed E-state index contributed by atoms with van der Waals surface area (Å²) in [7, 11) is 0. The van der Waals surface area contributed by atoms with Gasteiger partial charge in [0.25, 0.3) is 0 Å². The summed E-state index contributed by atoms with van der Waals surface area (Å²) in [5.41, 5.74) is 8.75. The number of nitrogens with one attached hydrogen (secondary N) is 1. The van der Waals surface area contributed by atoms with Crippen LogP contribution in [0.1, 0.15) is 29.5 Å². The number of nitrogens with zero attached hydrogens (tertiary/aromatic N) is 1. The van der Waals surface area contributed by atoms with Crippen LogP contribution in [0.4, 0.5) is 13.2 Å². The first-order valence-corrected chi connectivity index (χ1v) is 9.48. The smallest absolute Gasteiger partial charge is 0.404 e. The molecule has 0 bridgehead atoms. The van der Waals surface area contributed by atoms with E-state index in [-0.39, 0.29) is 12.5 Å². The third kappa shape index (κ3) is 5.37. The molecule has 2 aromatic carbocycles. The summed E-state index contributed by atoms with van der Waals surface area (Å²) in [6.45, 7) is 3.69. The summed E-state index contributed by atoms with van der Waals surface area (Å²) in [5, 5.41) is 2.73. The van der Waals surface area contributed by atoms with Crippen molar-refractivity contribution < 1.29 is 18.0 Å². The van der Waals surface area contributed by atoms with E-state index in [1.807, 2.05) is 12.1 Å². The Labute approximate surface area is 173 Å². The lowest BCUT2D eigenvalue weighted by Gasteiger charge is -2.14. The van der Waals surface area contributed by atoms with Crippen molar-refractivity contribution in [2.45, 2.75) is 31.6 Å². The predicted octanol–water partition coefficient (Wildman–Crippen LogP) is 4.71. The minimum absolute atomic E-state index is 0.252. The first kappa shape index (κ1) is 21.4. The van der Waals surface area contributed by atoms with Gasteiger partial charge in [-0.3, -0.25) is 9.79 Å². The van der Waals surface area contributed by atoms with Crippen molar-refractivity contribution >= 4 is 17.7 Å². The van der Waals surface area contributed by atoms with Gasteiger partial charge in [0.2, 0.25) is 5.91 Å². The zero-order valence-corrected chi connectivity index (χ0v) is 16.2. The number of hydrogen-bond donors (Lipinski definition) is 2. The summed E-state index contributed by atoms with van der Waals surface area (Å²) < 4.78 is 38.5. The van der Waals surface area contributed by atoms with Crippen LogP contribution in [0.5, 0.6) is 0 Å². The van der Waals surface area contributed by atoms with E-state index in [0.29, 0.717) is 17.2 Å². The van der Waals surface area contributed by atoms with Crippen LogP contribution in [0.2, 0.25) is 0 Å². The van der Waals surface area contributed by atoms with Gasteiger partial charge in [-0.1, -0.05) is 30.8 Å². The molecule has 0 spiro atoms. The van der Waals surface area contributed by atoms with Crippen LogP contribution >= 0.6 is 0 Å². The minimum atomic E-state index is -4.38. The van der Waals surface area contributed by atoms with Crippen LogP contribution in [0.3, 0.4) is 0 Å². The topological polar surface area (TPSA) is 67.5 Å². The van der Waals surface area contributed by atoms with Crippen LogP contribution in [-0.2, 0) is 17.5 Å². The van der Waals surface area contributed by atoms with E-state index in [1.54, 1.807) is 12.3 Å². The number of hydrogen-bond acceptors (Lipinski definition) is 3. The molecule has 7 heteroatoms. The molecule has 4 nitrogen and oxygen atoms in total. The molecule has 0 heterocycles. The Kier molecular flexibility index (Phi) is 6.40. The number of aliphatic imine (C=N–C) groups is 1. The molecule has 1 fully saturated rings. The molecule has 0 aromatic heterocycles. The number of alkyl halides is 3. The number of allylic oxidation sites excluding steroid dienone is 1. The monoisotopic (exact) mass is 413 g/mol. The van der Waals surface area contributed by atoms with Gasteiger partial charge in [-0.05, 0) is 59.4 Å². The summed E-state index contributed by atoms with van der Waals surface area (Å²) in [6.07, 6.45) is 2.04. The molecule has 0 aliphatic heterocycles. The van der Waals surface area contributed by atoms with Gasteiger partial charge in [0.1, 0.15) is 0 Å². The first-order valence-electron chi connectivity index (χ1n) is 9.48. The second-order valence-electron chi connectivity index (χ2n) is 7.00. The number of halogens is 3. The minimum Gasteiger partial charge on any atom is -0.404 e. The van der Waals surface area contributed by atoms with Gasteiger partial charge in [-0.2, -0.15) is 13.2 Å². The molecule has 3 rings (SSSR count). The second-order valence-corrected chi connectivity index (χ2v) is 7.00. The third-order valence-electron chi connectivity index (χ3n) is 4.76. The van der Waals surface area contributed by atoms with Gasteiger partial charge in [0.05, 0.1) is 11.6 Å². The highest BCUT2D eigenvalue weighted by Crippen LogP contribution is 2.32. The average molecular weight is 413 g/mol. The Balaban J connectivity index is 1.97. The molecule has 0 radical (unpaired) electrons. The van der Waals surface area contributed by atoms with Gasteiger partial charge in [-0.25, -0.2) is 0 Å². The molecule has 30 heavy (non-hydrogen) atoms. The standard InChI is InChI=1S/C23H22F3N3O/c1-2-22(30)29-13-17-4-3-16(15-5-7-19(8-6-15)23(24,25)26)11-21(17)18(12-27)14-28-20-9-10-20/h2-8,11-12,14,20H,1,9-10,13,27H2,(H,29,30)/b18-12+,28-14?. The van der Waals surface area contributed by atoms with E-state index in [4.69, 9.17) is 5.73 Å². The molecule has 0 unspecified atom stereocenters. The third-order valence-corrected chi connectivity index (χ3v) is 4.76. The summed E-state index contributed by atoms with van der Waals surface area (Å²) in [6, 6.07) is 10.8. The van der Waals surface area contributed by atoms with E-state index in [9.17, 15) is 18.0 Å². The molecule has 0 atom stereocenters. The maximum atomic E-state index is 12.8. The number of amides is 1. The second kappa shape index (κ2) is 8.98. The quantitative estimate of drug-likeness (QED) is 0.510. The van der Waals surface area contributed by atoms with Gasteiger partial charge >= 0.3 is 6.18 Å². The fourth-order valence-corrected chi connectivity index (χ4v) is 2.90. The fraction of sp³-hybridized carbons (Fsp3) is 0.217. The lowest BCUT2D eigenvalue weighted by atomic mass is 9.94.